The second-order valence-corrected chi connectivity index (χ2v) is 2.91. The first kappa shape index (κ1) is 9.82. The zero-order valence-electron chi connectivity index (χ0n) is 7.99. The highest BCUT2D eigenvalue weighted by atomic mass is 16.3. The van der Waals surface area contributed by atoms with E-state index >= 15 is 0 Å². The normalized spacial score (nSPS) is 11.9. The van der Waals surface area contributed by atoms with E-state index in [9.17, 15) is 5.11 Å². The monoisotopic (exact) mass is 178 g/mol. The maximum absolute atomic E-state index is 9.53. The van der Waals surface area contributed by atoms with Gasteiger partial charge in [-0.1, -0.05) is 0 Å². The minimum absolute atomic E-state index is 0.402. The molecule has 0 saturated heterocycles. The smallest absolute Gasteiger partial charge is 0.105 e. The van der Waals surface area contributed by atoms with Crippen LogP contribution in [0.25, 0.3) is 0 Å². The minimum atomic E-state index is -0.402. The van der Waals surface area contributed by atoms with Crippen molar-refractivity contribution in [3.05, 3.63) is 18.2 Å². The van der Waals surface area contributed by atoms with Crippen molar-refractivity contribution < 1.29 is 5.11 Å². The fraction of sp³-hybridized carbons (Fsp3) is 0.500. The summed E-state index contributed by atoms with van der Waals surface area (Å²) >= 11 is 0. The van der Waals surface area contributed by atoms with Crippen LogP contribution in [0.4, 0.5) is 0 Å². The van der Waals surface area contributed by atoms with Crippen molar-refractivity contribution in [1.82, 2.24) is 9.55 Å². The first-order valence-corrected chi connectivity index (χ1v) is 4.29. The van der Waals surface area contributed by atoms with Gasteiger partial charge in [0.1, 0.15) is 5.82 Å². The standard InChI is InChI=1S/C10H14N2O/c1-3-4-5-10(13)8-12-7-6-11-9(12)2/h6-7,10,13H,5,8H2,1-2H3. The van der Waals surface area contributed by atoms with Gasteiger partial charge in [-0.2, -0.15) is 0 Å². The van der Waals surface area contributed by atoms with Gasteiger partial charge >= 0.3 is 0 Å². The number of nitrogens with zero attached hydrogens (tertiary/aromatic N) is 2. The molecule has 0 aliphatic heterocycles. The Morgan fingerprint density at radius 2 is 2.46 bits per heavy atom. The Morgan fingerprint density at radius 1 is 1.69 bits per heavy atom. The van der Waals surface area contributed by atoms with Crippen molar-refractivity contribution >= 4 is 0 Å². The molecular weight excluding hydrogens is 164 g/mol. The second-order valence-electron chi connectivity index (χ2n) is 2.91. The van der Waals surface area contributed by atoms with Gasteiger partial charge in [0.25, 0.3) is 0 Å². The van der Waals surface area contributed by atoms with Gasteiger partial charge in [0.05, 0.1) is 12.6 Å². The Morgan fingerprint density at radius 3 is 3.00 bits per heavy atom. The Balaban J connectivity index is 2.48. The second kappa shape index (κ2) is 4.68. The van der Waals surface area contributed by atoms with E-state index in [1.807, 2.05) is 17.7 Å². The van der Waals surface area contributed by atoms with Crippen LogP contribution in [0.3, 0.4) is 0 Å². The third-order valence-electron chi connectivity index (χ3n) is 1.85. The molecule has 0 radical (unpaired) electrons. The van der Waals surface area contributed by atoms with Crippen LogP contribution in [-0.4, -0.2) is 20.8 Å². The van der Waals surface area contributed by atoms with E-state index in [2.05, 4.69) is 16.8 Å². The third-order valence-corrected chi connectivity index (χ3v) is 1.85. The molecule has 0 spiro atoms. The van der Waals surface area contributed by atoms with Gasteiger partial charge in [-0.3, -0.25) is 0 Å². The van der Waals surface area contributed by atoms with E-state index < -0.39 is 6.10 Å². The van der Waals surface area contributed by atoms with Crippen LogP contribution in [0.1, 0.15) is 19.2 Å². The number of aromatic nitrogens is 2. The fourth-order valence-corrected chi connectivity index (χ4v) is 1.11. The lowest BCUT2D eigenvalue weighted by Gasteiger charge is -2.08. The first-order valence-electron chi connectivity index (χ1n) is 4.29. The molecule has 0 aromatic carbocycles. The van der Waals surface area contributed by atoms with E-state index in [0.29, 0.717) is 13.0 Å². The lowest BCUT2D eigenvalue weighted by molar-refractivity contribution is 0.158. The summed E-state index contributed by atoms with van der Waals surface area (Å²) < 4.78 is 1.92. The molecule has 3 nitrogen and oxygen atoms in total. The van der Waals surface area contributed by atoms with E-state index in [1.54, 1.807) is 13.1 Å². The molecule has 70 valence electrons. The average Bonchev–Trinajstić information content (AvgIpc) is 2.48. The van der Waals surface area contributed by atoms with Crippen LogP contribution in [0.5, 0.6) is 0 Å². The number of aliphatic hydroxyl groups is 1. The van der Waals surface area contributed by atoms with Crippen LogP contribution in [-0.2, 0) is 6.54 Å². The molecule has 1 atom stereocenters. The van der Waals surface area contributed by atoms with E-state index in [1.165, 1.54) is 0 Å². The third kappa shape index (κ3) is 2.92. The van der Waals surface area contributed by atoms with Crippen LogP contribution in [0.2, 0.25) is 0 Å². The number of hydrogen-bond acceptors (Lipinski definition) is 2. The van der Waals surface area contributed by atoms with Crippen molar-refractivity contribution in [3.8, 4) is 11.8 Å². The molecule has 1 aromatic heterocycles. The highest BCUT2D eigenvalue weighted by Crippen LogP contribution is 2.00. The number of aryl methyl sites for hydroxylation is 1. The quantitative estimate of drug-likeness (QED) is 0.700. The van der Waals surface area contributed by atoms with Gasteiger partial charge < -0.3 is 9.67 Å². The van der Waals surface area contributed by atoms with Crippen LogP contribution < -0.4 is 0 Å². The zero-order chi connectivity index (χ0) is 9.68. The lowest BCUT2D eigenvalue weighted by Crippen LogP contribution is -2.15. The van der Waals surface area contributed by atoms with Crippen LogP contribution in [0, 0.1) is 18.8 Å². The Bertz CT molecular complexity index is 319. The molecular formula is C10H14N2O. The first-order chi connectivity index (χ1) is 6.24. The number of hydrogen-bond donors (Lipinski definition) is 1. The SMILES string of the molecule is CC#CCC(O)Cn1ccnc1C. The van der Waals surface area contributed by atoms with E-state index in [0.717, 1.165) is 5.82 Å². The number of rotatable bonds is 3. The van der Waals surface area contributed by atoms with Gasteiger partial charge in [-0.05, 0) is 13.8 Å². The summed E-state index contributed by atoms with van der Waals surface area (Å²) in [6.07, 6.45) is 3.71. The van der Waals surface area contributed by atoms with Crippen molar-refractivity contribution in [2.75, 3.05) is 0 Å². The van der Waals surface area contributed by atoms with Gasteiger partial charge in [-0.25, -0.2) is 4.98 Å². The molecule has 1 unspecified atom stereocenters. The largest absolute Gasteiger partial charge is 0.390 e. The molecule has 1 aromatic rings. The Kier molecular flexibility index (Phi) is 3.53. The summed E-state index contributed by atoms with van der Waals surface area (Å²) in [4.78, 5) is 4.07. The fourth-order valence-electron chi connectivity index (χ4n) is 1.11. The van der Waals surface area contributed by atoms with Gasteiger partial charge in [0.15, 0.2) is 0 Å². The molecule has 0 saturated carbocycles. The molecule has 0 aliphatic rings. The van der Waals surface area contributed by atoms with Gasteiger partial charge in [0.2, 0.25) is 0 Å². The zero-order valence-corrected chi connectivity index (χ0v) is 7.99. The predicted octanol–water partition coefficient (Wildman–Crippen LogP) is 0.966. The molecule has 0 aliphatic carbocycles. The molecule has 0 fully saturated rings. The molecule has 1 rings (SSSR count). The van der Waals surface area contributed by atoms with Crippen molar-refractivity contribution in [3.63, 3.8) is 0 Å². The van der Waals surface area contributed by atoms with E-state index in [4.69, 9.17) is 0 Å². The van der Waals surface area contributed by atoms with Crippen LogP contribution in [0.15, 0.2) is 12.4 Å². The van der Waals surface area contributed by atoms with Gasteiger partial charge in [-0.15, -0.1) is 11.8 Å². The topological polar surface area (TPSA) is 38.0 Å². The number of aliphatic hydroxyl groups excluding tert-OH is 1. The van der Waals surface area contributed by atoms with Crippen molar-refractivity contribution in [1.29, 1.82) is 0 Å². The van der Waals surface area contributed by atoms with Gasteiger partial charge in [0, 0.05) is 18.8 Å². The molecule has 0 bridgehead atoms. The summed E-state index contributed by atoms with van der Waals surface area (Å²) in [5, 5.41) is 9.53. The molecule has 13 heavy (non-hydrogen) atoms. The number of imidazole rings is 1. The average molecular weight is 178 g/mol. The highest BCUT2D eigenvalue weighted by Gasteiger charge is 2.04. The Hall–Kier alpha value is -1.27. The van der Waals surface area contributed by atoms with Crippen molar-refractivity contribution in [2.45, 2.75) is 32.9 Å². The summed E-state index contributed by atoms with van der Waals surface area (Å²) in [5.74, 6) is 6.52. The summed E-state index contributed by atoms with van der Waals surface area (Å²) in [7, 11) is 0. The molecule has 1 heterocycles. The van der Waals surface area contributed by atoms with E-state index in [-0.39, 0.29) is 0 Å². The predicted molar refractivity (Wildman–Crippen MR) is 51.0 cm³/mol. The molecule has 3 heteroatoms. The maximum atomic E-state index is 9.53. The molecule has 0 amide bonds. The van der Waals surface area contributed by atoms with Crippen molar-refractivity contribution in [2.24, 2.45) is 0 Å². The Labute approximate surface area is 78.4 Å². The minimum Gasteiger partial charge on any atom is -0.390 e. The summed E-state index contributed by atoms with van der Waals surface area (Å²) in [5.41, 5.74) is 0. The summed E-state index contributed by atoms with van der Waals surface area (Å²) in [6, 6.07) is 0. The maximum Gasteiger partial charge on any atom is 0.105 e. The summed E-state index contributed by atoms with van der Waals surface area (Å²) in [6.45, 7) is 4.26. The lowest BCUT2D eigenvalue weighted by atomic mass is 10.2. The molecule has 1 N–H and O–H groups in total. The highest BCUT2D eigenvalue weighted by molar-refractivity contribution is 4.97. The van der Waals surface area contributed by atoms with Crippen LogP contribution >= 0.6 is 0 Å².